The number of rotatable bonds is 7. The molecule has 0 bridgehead atoms. The summed E-state index contributed by atoms with van der Waals surface area (Å²) in [4.78, 5) is 12.2. The van der Waals surface area contributed by atoms with Gasteiger partial charge in [-0.15, -0.1) is 0 Å². The minimum absolute atomic E-state index is 0.132. The summed E-state index contributed by atoms with van der Waals surface area (Å²) in [5.41, 5.74) is 1.51. The molecule has 1 atom stereocenters. The summed E-state index contributed by atoms with van der Waals surface area (Å²) in [6.07, 6.45) is 1.07. The number of amides is 1. The fraction of sp³-hybridized carbons (Fsp3) is 0.278. The number of carbonyl (C=O) groups is 1. The van der Waals surface area contributed by atoms with E-state index in [1.807, 2.05) is 37.3 Å². The van der Waals surface area contributed by atoms with Crippen LogP contribution in [-0.4, -0.2) is 33.7 Å². The van der Waals surface area contributed by atoms with Crippen molar-refractivity contribution in [3.8, 4) is 0 Å². The van der Waals surface area contributed by atoms with E-state index in [0.29, 0.717) is 17.3 Å². The second-order valence-corrected chi connectivity index (χ2v) is 8.21. The van der Waals surface area contributed by atoms with Crippen molar-refractivity contribution in [3.63, 3.8) is 0 Å². The molecule has 0 aliphatic rings. The minimum atomic E-state index is -3.59. The summed E-state index contributed by atoms with van der Waals surface area (Å²) >= 11 is 5.83. The van der Waals surface area contributed by atoms with E-state index in [9.17, 15) is 13.2 Å². The van der Waals surface area contributed by atoms with Crippen molar-refractivity contribution >= 4 is 33.2 Å². The van der Waals surface area contributed by atoms with Crippen LogP contribution in [0.5, 0.6) is 0 Å². The molecule has 2 aromatic rings. The van der Waals surface area contributed by atoms with Crippen molar-refractivity contribution in [1.29, 1.82) is 0 Å². The number of nitrogens with one attached hydrogen (secondary N) is 1. The highest BCUT2D eigenvalue weighted by molar-refractivity contribution is 7.92. The van der Waals surface area contributed by atoms with Gasteiger partial charge in [-0.25, -0.2) is 8.42 Å². The van der Waals surface area contributed by atoms with E-state index in [0.717, 1.165) is 16.1 Å². The maximum atomic E-state index is 12.2. The molecule has 0 aromatic heterocycles. The van der Waals surface area contributed by atoms with Gasteiger partial charge in [0.05, 0.1) is 11.9 Å². The Morgan fingerprint density at radius 1 is 1.12 bits per heavy atom. The predicted octanol–water partition coefficient (Wildman–Crippen LogP) is 3.03. The number of halogens is 1. The number of nitrogens with zero attached hydrogens (tertiary/aromatic N) is 1. The van der Waals surface area contributed by atoms with E-state index < -0.39 is 10.0 Å². The molecule has 2 aromatic carbocycles. The van der Waals surface area contributed by atoms with E-state index in [1.54, 1.807) is 24.3 Å². The van der Waals surface area contributed by atoms with Crippen LogP contribution in [0.25, 0.3) is 0 Å². The Balaban J connectivity index is 2.01. The Morgan fingerprint density at radius 3 is 2.28 bits per heavy atom. The highest BCUT2D eigenvalue weighted by Crippen LogP contribution is 2.20. The first-order chi connectivity index (χ1) is 11.8. The molecular weight excluding hydrogens is 360 g/mol. The molecule has 0 radical (unpaired) electrons. The summed E-state index contributed by atoms with van der Waals surface area (Å²) < 4.78 is 25.1. The zero-order valence-electron chi connectivity index (χ0n) is 14.1. The van der Waals surface area contributed by atoms with Gasteiger partial charge in [0.2, 0.25) is 15.9 Å². The average molecular weight is 381 g/mol. The molecule has 0 heterocycles. The Morgan fingerprint density at radius 2 is 1.72 bits per heavy atom. The first-order valence-corrected chi connectivity index (χ1v) is 10.0. The van der Waals surface area contributed by atoms with Crippen molar-refractivity contribution in [3.05, 3.63) is 65.2 Å². The number of sulfonamides is 1. The number of anilines is 1. The third-order valence-electron chi connectivity index (χ3n) is 3.78. The van der Waals surface area contributed by atoms with Crippen LogP contribution in [0.3, 0.4) is 0 Å². The van der Waals surface area contributed by atoms with Gasteiger partial charge in [-0.3, -0.25) is 9.10 Å². The highest BCUT2D eigenvalue weighted by Gasteiger charge is 2.21. The quantitative estimate of drug-likeness (QED) is 0.802. The predicted molar refractivity (Wildman–Crippen MR) is 102 cm³/mol. The summed E-state index contributed by atoms with van der Waals surface area (Å²) in [6, 6.07) is 16.1. The Kier molecular flexibility index (Phi) is 6.45. The molecule has 0 unspecified atom stereocenters. The molecule has 5 nitrogen and oxygen atoms in total. The van der Waals surface area contributed by atoms with E-state index >= 15 is 0 Å². The zero-order valence-corrected chi connectivity index (χ0v) is 15.7. The number of carbonyl (C=O) groups excluding carboxylic acids is 1. The van der Waals surface area contributed by atoms with Crippen LogP contribution in [0.2, 0.25) is 5.02 Å². The van der Waals surface area contributed by atoms with Crippen LogP contribution in [0.1, 0.15) is 18.4 Å². The molecule has 1 amide bonds. The Labute approximate surface area is 153 Å². The first-order valence-electron chi connectivity index (χ1n) is 7.82. The fourth-order valence-corrected chi connectivity index (χ4v) is 3.34. The minimum Gasteiger partial charge on any atom is -0.354 e. The van der Waals surface area contributed by atoms with Crippen molar-refractivity contribution in [1.82, 2.24) is 5.32 Å². The SMILES string of the molecule is C[C@H](CNC(=O)CN(c1ccc(Cl)cc1)S(C)(=O)=O)c1ccccc1. The van der Waals surface area contributed by atoms with Crippen molar-refractivity contribution < 1.29 is 13.2 Å². The molecule has 134 valence electrons. The molecule has 0 saturated heterocycles. The van der Waals surface area contributed by atoms with E-state index in [2.05, 4.69) is 5.32 Å². The lowest BCUT2D eigenvalue weighted by molar-refractivity contribution is -0.119. The lowest BCUT2D eigenvalue weighted by Gasteiger charge is -2.22. The normalized spacial score (nSPS) is 12.4. The van der Waals surface area contributed by atoms with Gasteiger partial charge in [0, 0.05) is 11.6 Å². The summed E-state index contributed by atoms with van der Waals surface area (Å²) in [5, 5.41) is 3.29. The van der Waals surface area contributed by atoms with Crippen LogP contribution >= 0.6 is 11.6 Å². The van der Waals surface area contributed by atoms with Crippen molar-refractivity contribution in [2.45, 2.75) is 12.8 Å². The van der Waals surface area contributed by atoms with Gasteiger partial charge < -0.3 is 5.32 Å². The Bertz CT molecular complexity index is 808. The molecule has 0 spiro atoms. The molecule has 0 aliphatic carbocycles. The van der Waals surface area contributed by atoms with Gasteiger partial charge in [-0.1, -0.05) is 48.9 Å². The second kappa shape index (κ2) is 8.36. The van der Waals surface area contributed by atoms with E-state index in [-0.39, 0.29) is 18.4 Å². The number of hydrogen-bond acceptors (Lipinski definition) is 3. The van der Waals surface area contributed by atoms with Gasteiger partial charge in [0.1, 0.15) is 6.54 Å². The van der Waals surface area contributed by atoms with Gasteiger partial charge >= 0.3 is 0 Å². The smallest absolute Gasteiger partial charge is 0.240 e. The molecule has 0 aliphatic heterocycles. The summed E-state index contributed by atoms with van der Waals surface area (Å²) in [5.74, 6) is -0.226. The molecule has 1 N–H and O–H groups in total. The third kappa shape index (κ3) is 5.76. The zero-order chi connectivity index (χ0) is 18.4. The van der Waals surface area contributed by atoms with Crippen LogP contribution in [0.4, 0.5) is 5.69 Å². The summed E-state index contributed by atoms with van der Waals surface area (Å²) in [7, 11) is -3.59. The van der Waals surface area contributed by atoms with E-state index in [4.69, 9.17) is 11.6 Å². The van der Waals surface area contributed by atoms with Gasteiger partial charge in [-0.2, -0.15) is 0 Å². The topological polar surface area (TPSA) is 66.5 Å². The number of benzene rings is 2. The third-order valence-corrected chi connectivity index (χ3v) is 5.17. The van der Waals surface area contributed by atoms with Crippen molar-refractivity contribution in [2.24, 2.45) is 0 Å². The molecule has 25 heavy (non-hydrogen) atoms. The van der Waals surface area contributed by atoms with E-state index in [1.165, 1.54) is 0 Å². The van der Waals surface area contributed by atoms with Crippen LogP contribution in [0, 0.1) is 0 Å². The molecule has 2 rings (SSSR count). The lowest BCUT2D eigenvalue weighted by Crippen LogP contribution is -2.41. The maximum absolute atomic E-state index is 12.2. The molecule has 0 fully saturated rings. The lowest BCUT2D eigenvalue weighted by atomic mass is 10.0. The van der Waals surface area contributed by atoms with Crippen LogP contribution in [-0.2, 0) is 14.8 Å². The second-order valence-electron chi connectivity index (χ2n) is 5.86. The highest BCUT2D eigenvalue weighted by atomic mass is 35.5. The molecular formula is C18H21ClN2O3S. The number of hydrogen-bond donors (Lipinski definition) is 1. The van der Waals surface area contributed by atoms with Crippen LogP contribution in [0.15, 0.2) is 54.6 Å². The molecule has 7 heteroatoms. The van der Waals surface area contributed by atoms with Crippen LogP contribution < -0.4 is 9.62 Å². The van der Waals surface area contributed by atoms with Gasteiger partial charge in [0.15, 0.2) is 0 Å². The first kappa shape index (κ1) is 19.3. The monoisotopic (exact) mass is 380 g/mol. The summed E-state index contributed by atoms with van der Waals surface area (Å²) in [6.45, 7) is 2.16. The van der Waals surface area contributed by atoms with Crippen molar-refractivity contribution in [2.75, 3.05) is 23.7 Å². The Hall–Kier alpha value is -2.05. The largest absolute Gasteiger partial charge is 0.354 e. The molecule has 0 saturated carbocycles. The average Bonchev–Trinajstić information content (AvgIpc) is 2.58. The fourth-order valence-electron chi connectivity index (χ4n) is 2.36. The maximum Gasteiger partial charge on any atom is 0.240 e. The van der Waals surface area contributed by atoms with Gasteiger partial charge in [0.25, 0.3) is 0 Å². The standard InChI is InChI=1S/C18H21ClN2O3S/c1-14(15-6-4-3-5-7-15)12-20-18(22)13-21(25(2,23)24)17-10-8-16(19)9-11-17/h3-11,14H,12-13H2,1-2H3,(H,20,22)/t14-/m1/s1. The van der Waals surface area contributed by atoms with Gasteiger partial charge in [-0.05, 0) is 35.7 Å².